The summed E-state index contributed by atoms with van der Waals surface area (Å²) in [5.74, 6) is 0.208. The van der Waals surface area contributed by atoms with Crippen molar-refractivity contribution in [1.29, 1.82) is 0 Å². The van der Waals surface area contributed by atoms with Crippen molar-refractivity contribution in [3.05, 3.63) is 60.6 Å². The van der Waals surface area contributed by atoms with Gasteiger partial charge in [0.25, 0.3) is 0 Å². The van der Waals surface area contributed by atoms with E-state index in [1.54, 1.807) is 18.2 Å². The standard InChI is InChI=1S/C15H12N2O3S/c1-11-7-8-12-4-2-6-14(15(12)17-11)20-21(18,19)13-5-3-9-16-10-13/h2-10H,1H3. The van der Waals surface area contributed by atoms with Gasteiger partial charge in [-0.3, -0.25) is 4.98 Å². The summed E-state index contributed by atoms with van der Waals surface area (Å²) < 4.78 is 29.7. The molecule has 0 aliphatic carbocycles. The summed E-state index contributed by atoms with van der Waals surface area (Å²) in [7, 11) is -3.92. The highest BCUT2D eigenvalue weighted by Crippen LogP contribution is 2.26. The minimum absolute atomic E-state index is 0.00894. The second-order valence-corrected chi connectivity index (χ2v) is 6.05. The van der Waals surface area contributed by atoms with Gasteiger partial charge in [0.15, 0.2) is 5.75 Å². The van der Waals surface area contributed by atoms with Gasteiger partial charge in [0, 0.05) is 23.5 Å². The number of aromatic nitrogens is 2. The minimum atomic E-state index is -3.92. The molecule has 0 aliphatic rings. The molecule has 2 aromatic heterocycles. The number of rotatable bonds is 3. The minimum Gasteiger partial charge on any atom is -0.377 e. The van der Waals surface area contributed by atoms with Crippen LogP contribution in [0.1, 0.15) is 5.69 Å². The number of benzene rings is 1. The summed E-state index contributed by atoms with van der Waals surface area (Å²) in [5.41, 5.74) is 1.31. The molecule has 0 unspecified atom stereocenters. The predicted octanol–water partition coefficient (Wildman–Crippen LogP) is 2.71. The number of para-hydroxylation sites is 1. The molecule has 0 atom stereocenters. The van der Waals surface area contributed by atoms with E-state index in [-0.39, 0.29) is 10.6 Å². The molecule has 3 aromatic rings. The van der Waals surface area contributed by atoms with Gasteiger partial charge in [0.05, 0.1) is 0 Å². The lowest BCUT2D eigenvalue weighted by atomic mass is 10.2. The van der Waals surface area contributed by atoms with E-state index in [2.05, 4.69) is 9.97 Å². The largest absolute Gasteiger partial charge is 0.377 e. The molecule has 5 nitrogen and oxygen atoms in total. The number of hydrogen-bond acceptors (Lipinski definition) is 5. The van der Waals surface area contributed by atoms with Crippen LogP contribution in [0.2, 0.25) is 0 Å². The van der Waals surface area contributed by atoms with Crippen molar-refractivity contribution in [1.82, 2.24) is 9.97 Å². The number of pyridine rings is 2. The van der Waals surface area contributed by atoms with Crippen molar-refractivity contribution in [2.75, 3.05) is 0 Å². The Kier molecular flexibility index (Phi) is 3.31. The molecule has 21 heavy (non-hydrogen) atoms. The van der Waals surface area contributed by atoms with Crippen LogP contribution in [-0.2, 0) is 10.1 Å². The van der Waals surface area contributed by atoms with Gasteiger partial charge in [-0.05, 0) is 31.2 Å². The van der Waals surface area contributed by atoms with Crippen molar-refractivity contribution >= 4 is 21.0 Å². The van der Waals surface area contributed by atoms with Crippen molar-refractivity contribution in [2.24, 2.45) is 0 Å². The molecule has 0 spiro atoms. The molecule has 0 radical (unpaired) electrons. The van der Waals surface area contributed by atoms with Gasteiger partial charge in [-0.2, -0.15) is 8.42 Å². The average Bonchev–Trinajstić information content (AvgIpc) is 2.48. The SMILES string of the molecule is Cc1ccc2cccc(OS(=O)(=O)c3cccnc3)c2n1. The highest BCUT2D eigenvalue weighted by atomic mass is 32.2. The topological polar surface area (TPSA) is 69.2 Å². The van der Waals surface area contributed by atoms with Crippen LogP contribution in [0.4, 0.5) is 0 Å². The fraction of sp³-hybridized carbons (Fsp3) is 0.0667. The molecule has 106 valence electrons. The Morgan fingerprint density at radius 2 is 1.90 bits per heavy atom. The molecule has 3 rings (SSSR count). The summed E-state index contributed by atoms with van der Waals surface area (Å²) in [4.78, 5) is 8.15. The van der Waals surface area contributed by atoms with Crippen LogP contribution in [0.25, 0.3) is 10.9 Å². The van der Waals surface area contributed by atoms with E-state index in [4.69, 9.17) is 4.18 Å². The molecule has 2 heterocycles. The number of aryl methyl sites for hydroxylation is 1. The molecule has 0 saturated heterocycles. The summed E-state index contributed by atoms with van der Waals surface area (Å²) in [6.45, 7) is 1.84. The molecule has 0 aliphatic heterocycles. The first-order valence-corrected chi connectivity index (χ1v) is 7.68. The highest BCUT2D eigenvalue weighted by molar-refractivity contribution is 7.87. The van der Waals surface area contributed by atoms with Crippen molar-refractivity contribution in [3.8, 4) is 5.75 Å². The first-order valence-electron chi connectivity index (χ1n) is 6.27. The first-order chi connectivity index (χ1) is 10.1. The van der Waals surface area contributed by atoms with Crippen LogP contribution in [0.5, 0.6) is 5.75 Å². The predicted molar refractivity (Wildman–Crippen MR) is 78.5 cm³/mol. The van der Waals surface area contributed by atoms with Gasteiger partial charge in [-0.1, -0.05) is 18.2 Å². The molecule has 6 heteroatoms. The molecule has 1 aromatic carbocycles. The maximum Gasteiger partial charge on any atom is 0.340 e. The maximum absolute atomic E-state index is 12.2. The fourth-order valence-electron chi connectivity index (χ4n) is 1.95. The average molecular weight is 300 g/mol. The van der Waals surface area contributed by atoms with Crippen LogP contribution in [0.15, 0.2) is 59.8 Å². The van der Waals surface area contributed by atoms with E-state index in [1.807, 2.05) is 25.1 Å². The molecular formula is C15H12N2O3S. The molecule has 0 amide bonds. The Labute approximate surface area is 122 Å². The normalized spacial score (nSPS) is 11.5. The Balaban J connectivity index is 2.08. The van der Waals surface area contributed by atoms with Gasteiger partial charge < -0.3 is 4.18 Å². The number of nitrogens with zero attached hydrogens (tertiary/aromatic N) is 2. The summed E-state index contributed by atoms with van der Waals surface area (Å²) >= 11 is 0. The van der Waals surface area contributed by atoms with Gasteiger partial charge >= 0.3 is 10.1 Å². The van der Waals surface area contributed by atoms with Crippen LogP contribution in [-0.4, -0.2) is 18.4 Å². The third kappa shape index (κ3) is 2.71. The highest BCUT2D eigenvalue weighted by Gasteiger charge is 2.18. The summed E-state index contributed by atoms with van der Waals surface area (Å²) in [6.07, 6.45) is 2.75. The Morgan fingerprint density at radius 3 is 2.67 bits per heavy atom. The number of hydrogen-bond donors (Lipinski definition) is 0. The van der Waals surface area contributed by atoms with E-state index in [0.717, 1.165) is 11.1 Å². The van der Waals surface area contributed by atoms with Crippen LogP contribution in [0, 0.1) is 6.92 Å². The van der Waals surface area contributed by atoms with E-state index >= 15 is 0 Å². The Bertz CT molecular complexity index is 893. The van der Waals surface area contributed by atoms with E-state index < -0.39 is 10.1 Å². The smallest absolute Gasteiger partial charge is 0.340 e. The molecule has 0 N–H and O–H groups in total. The zero-order chi connectivity index (χ0) is 14.9. The second kappa shape index (κ2) is 5.14. The zero-order valence-corrected chi connectivity index (χ0v) is 12.0. The fourth-order valence-corrected chi connectivity index (χ4v) is 2.85. The van der Waals surface area contributed by atoms with E-state index in [9.17, 15) is 8.42 Å². The van der Waals surface area contributed by atoms with Gasteiger partial charge in [0.1, 0.15) is 10.4 Å². The molecule has 0 saturated carbocycles. The van der Waals surface area contributed by atoms with Crippen LogP contribution < -0.4 is 4.18 Å². The van der Waals surface area contributed by atoms with Gasteiger partial charge in [0.2, 0.25) is 0 Å². The molecule has 0 fully saturated rings. The van der Waals surface area contributed by atoms with Crippen molar-refractivity contribution < 1.29 is 12.6 Å². The lowest BCUT2D eigenvalue weighted by molar-refractivity contribution is 0.487. The van der Waals surface area contributed by atoms with Crippen molar-refractivity contribution in [3.63, 3.8) is 0 Å². The monoisotopic (exact) mass is 300 g/mol. The van der Waals surface area contributed by atoms with Gasteiger partial charge in [-0.25, -0.2) is 4.98 Å². The Morgan fingerprint density at radius 1 is 1.05 bits per heavy atom. The Hall–Kier alpha value is -2.47. The lowest BCUT2D eigenvalue weighted by Gasteiger charge is -2.09. The quantitative estimate of drug-likeness (QED) is 0.696. The molecule has 0 bridgehead atoms. The second-order valence-electron chi connectivity index (χ2n) is 4.51. The first kappa shape index (κ1) is 13.5. The zero-order valence-electron chi connectivity index (χ0n) is 11.2. The van der Waals surface area contributed by atoms with E-state index in [1.165, 1.54) is 18.5 Å². The summed E-state index contributed by atoms with van der Waals surface area (Å²) in [6, 6.07) is 11.9. The van der Waals surface area contributed by atoms with Crippen LogP contribution in [0.3, 0.4) is 0 Å². The lowest BCUT2D eigenvalue weighted by Crippen LogP contribution is -2.10. The molecular weight excluding hydrogens is 288 g/mol. The number of fused-ring (bicyclic) bond motifs is 1. The van der Waals surface area contributed by atoms with Crippen molar-refractivity contribution in [2.45, 2.75) is 11.8 Å². The van der Waals surface area contributed by atoms with Crippen LogP contribution >= 0.6 is 0 Å². The third-order valence-electron chi connectivity index (χ3n) is 2.95. The third-order valence-corrected chi connectivity index (χ3v) is 4.16. The van der Waals surface area contributed by atoms with E-state index in [0.29, 0.717) is 5.52 Å². The maximum atomic E-state index is 12.2. The van der Waals surface area contributed by atoms with Gasteiger partial charge in [-0.15, -0.1) is 0 Å². The summed E-state index contributed by atoms with van der Waals surface area (Å²) in [5, 5.41) is 0.819.